The molecule has 2 atom stereocenters. The Bertz CT molecular complexity index is 187. The summed E-state index contributed by atoms with van der Waals surface area (Å²) in [5.41, 5.74) is 0. The Morgan fingerprint density at radius 2 is 2.24 bits per heavy atom. The summed E-state index contributed by atoms with van der Waals surface area (Å²) in [7, 11) is 1.79. The van der Waals surface area contributed by atoms with Crippen LogP contribution in [0.25, 0.3) is 0 Å². The molecule has 17 heavy (non-hydrogen) atoms. The van der Waals surface area contributed by atoms with Crippen LogP contribution in [0, 0.1) is 5.92 Å². The number of ether oxygens (including phenoxy) is 1. The predicted octanol–water partition coefficient (Wildman–Crippen LogP) is 2.12. The average Bonchev–Trinajstić information content (AvgIpc) is 2.59. The fourth-order valence-electron chi connectivity index (χ4n) is 2.47. The molecule has 0 bridgehead atoms. The van der Waals surface area contributed by atoms with Crippen molar-refractivity contribution in [3.05, 3.63) is 0 Å². The second-order valence-electron chi connectivity index (χ2n) is 5.30. The smallest absolute Gasteiger partial charge is 0.0462 e. The van der Waals surface area contributed by atoms with Gasteiger partial charge >= 0.3 is 0 Å². The molecule has 1 fully saturated rings. The first kappa shape index (κ1) is 14.9. The predicted molar refractivity (Wildman–Crippen MR) is 73.4 cm³/mol. The molecular weight excluding hydrogens is 212 g/mol. The van der Waals surface area contributed by atoms with Gasteiger partial charge in [0, 0.05) is 26.3 Å². The highest BCUT2D eigenvalue weighted by Crippen LogP contribution is 2.12. The van der Waals surface area contributed by atoms with Gasteiger partial charge < -0.3 is 15.0 Å². The van der Waals surface area contributed by atoms with Crippen LogP contribution in [-0.4, -0.2) is 50.8 Å². The summed E-state index contributed by atoms with van der Waals surface area (Å²) < 4.78 is 5.10. The molecule has 0 aromatic heterocycles. The third kappa shape index (κ3) is 5.84. The van der Waals surface area contributed by atoms with Crippen molar-refractivity contribution >= 4 is 0 Å². The van der Waals surface area contributed by atoms with E-state index < -0.39 is 0 Å². The number of unbranched alkanes of at least 4 members (excludes halogenated alkanes) is 1. The summed E-state index contributed by atoms with van der Waals surface area (Å²) in [5.74, 6) is 0.787. The van der Waals surface area contributed by atoms with Crippen LogP contribution in [0.2, 0.25) is 0 Å². The molecule has 2 unspecified atom stereocenters. The third-order valence-corrected chi connectivity index (χ3v) is 3.92. The molecule has 0 radical (unpaired) electrons. The summed E-state index contributed by atoms with van der Waals surface area (Å²) in [6.07, 6.45) is 5.02. The number of methoxy groups -OCH3 is 1. The quantitative estimate of drug-likeness (QED) is 0.692. The lowest BCUT2D eigenvalue weighted by Crippen LogP contribution is -2.42. The molecule has 1 aliphatic heterocycles. The van der Waals surface area contributed by atoms with Gasteiger partial charge in [0.1, 0.15) is 0 Å². The Morgan fingerprint density at radius 1 is 1.41 bits per heavy atom. The van der Waals surface area contributed by atoms with E-state index in [2.05, 4.69) is 24.1 Å². The molecule has 1 heterocycles. The van der Waals surface area contributed by atoms with Gasteiger partial charge in [-0.15, -0.1) is 0 Å². The molecule has 0 saturated carbocycles. The minimum atomic E-state index is 0.685. The summed E-state index contributed by atoms with van der Waals surface area (Å²) >= 11 is 0. The number of rotatable bonds is 7. The number of hydrogen-bond acceptors (Lipinski definition) is 3. The Morgan fingerprint density at radius 3 is 2.94 bits per heavy atom. The highest BCUT2D eigenvalue weighted by atomic mass is 16.5. The molecule has 0 amide bonds. The zero-order valence-corrected chi connectivity index (χ0v) is 11.9. The molecule has 102 valence electrons. The first-order chi connectivity index (χ1) is 8.27. The normalized spacial score (nSPS) is 24.5. The second kappa shape index (κ2) is 8.90. The van der Waals surface area contributed by atoms with Crippen LogP contribution in [0.5, 0.6) is 0 Å². The number of nitrogens with one attached hydrogen (secondary N) is 1. The molecule has 3 heteroatoms. The van der Waals surface area contributed by atoms with Crippen LogP contribution >= 0.6 is 0 Å². The third-order valence-electron chi connectivity index (χ3n) is 3.92. The molecular formula is C14H30N2O. The van der Waals surface area contributed by atoms with E-state index in [1.165, 1.54) is 51.9 Å². The first-order valence-electron chi connectivity index (χ1n) is 7.22. The van der Waals surface area contributed by atoms with Gasteiger partial charge in [0.15, 0.2) is 0 Å². The van der Waals surface area contributed by atoms with E-state index in [-0.39, 0.29) is 0 Å². The van der Waals surface area contributed by atoms with Crippen molar-refractivity contribution in [1.29, 1.82) is 0 Å². The molecule has 1 N–H and O–H groups in total. The largest absolute Gasteiger partial charge is 0.385 e. The fourth-order valence-corrected chi connectivity index (χ4v) is 2.47. The van der Waals surface area contributed by atoms with Crippen molar-refractivity contribution < 1.29 is 4.74 Å². The maximum absolute atomic E-state index is 5.10. The van der Waals surface area contributed by atoms with Gasteiger partial charge in [-0.2, -0.15) is 0 Å². The Hall–Kier alpha value is -0.120. The second-order valence-corrected chi connectivity index (χ2v) is 5.30. The number of nitrogens with zero attached hydrogens (tertiary/aromatic N) is 1. The van der Waals surface area contributed by atoms with Gasteiger partial charge in [-0.1, -0.05) is 20.3 Å². The molecule has 0 aromatic carbocycles. The van der Waals surface area contributed by atoms with Crippen LogP contribution in [0.1, 0.15) is 39.5 Å². The molecule has 1 rings (SSSR count). The summed E-state index contributed by atoms with van der Waals surface area (Å²) in [6, 6.07) is 0.685. The van der Waals surface area contributed by atoms with E-state index in [4.69, 9.17) is 4.74 Å². The molecule has 3 nitrogen and oxygen atoms in total. The van der Waals surface area contributed by atoms with E-state index in [9.17, 15) is 0 Å². The van der Waals surface area contributed by atoms with Crippen molar-refractivity contribution in [2.45, 2.75) is 45.6 Å². The maximum Gasteiger partial charge on any atom is 0.0462 e. The van der Waals surface area contributed by atoms with Gasteiger partial charge in [-0.25, -0.2) is 0 Å². The van der Waals surface area contributed by atoms with Gasteiger partial charge in [-0.05, 0) is 44.8 Å². The summed E-state index contributed by atoms with van der Waals surface area (Å²) in [6.45, 7) is 10.5. The van der Waals surface area contributed by atoms with Crippen molar-refractivity contribution in [2.75, 3.05) is 39.9 Å². The van der Waals surface area contributed by atoms with Gasteiger partial charge in [0.05, 0.1) is 0 Å². The van der Waals surface area contributed by atoms with Crippen LogP contribution in [0.4, 0.5) is 0 Å². The van der Waals surface area contributed by atoms with Gasteiger partial charge in [-0.3, -0.25) is 0 Å². The monoisotopic (exact) mass is 242 g/mol. The zero-order chi connectivity index (χ0) is 12.5. The maximum atomic E-state index is 5.10. The molecule has 0 spiro atoms. The van der Waals surface area contributed by atoms with E-state index in [0.29, 0.717) is 6.04 Å². The average molecular weight is 242 g/mol. The minimum absolute atomic E-state index is 0.685. The zero-order valence-electron chi connectivity index (χ0n) is 11.9. The van der Waals surface area contributed by atoms with E-state index in [0.717, 1.165) is 12.5 Å². The topological polar surface area (TPSA) is 24.5 Å². The summed E-state index contributed by atoms with van der Waals surface area (Å²) in [4.78, 5) is 2.63. The molecule has 1 aliphatic rings. The van der Waals surface area contributed by atoms with E-state index in [1.807, 2.05) is 0 Å². The lowest BCUT2D eigenvalue weighted by Gasteiger charge is -2.28. The lowest BCUT2D eigenvalue weighted by molar-refractivity contribution is 0.180. The SMILES string of the molecule is CCC(C)C1CN(CCCCOC)CCCN1. The fraction of sp³-hybridized carbons (Fsp3) is 1.00. The highest BCUT2D eigenvalue weighted by Gasteiger charge is 2.21. The van der Waals surface area contributed by atoms with Gasteiger partial charge in [0.2, 0.25) is 0 Å². The minimum Gasteiger partial charge on any atom is -0.385 e. The van der Waals surface area contributed by atoms with Crippen molar-refractivity contribution in [3.8, 4) is 0 Å². The number of hydrogen-bond donors (Lipinski definition) is 1. The Balaban J connectivity index is 2.27. The van der Waals surface area contributed by atoms with Crippen LogP contribution in [0.15, 0.2) is 0 Å². The molecule has 0 aliphatic carbocycles. The van der Waals surface area contributed by atoms with Crippen LogP contribution in [-0.2, 0) is 4.74 Å². The summed E-state index contributed by atoms with van der Waals surface area (Å²) in [5, 5.41) is 3.70. The van der Waals surface area contributed by atoms with Crippen molar-refractivity contribution in [3.63, 3.8) is 0 Å². The highest BCUT2D eigenvalue weighted by molar-refractivity contribution is 4.80. The van der Waals surface area contributed by atoms with Crippen LogP contribution < -0.4 is 5.32 Å². The van der Waals surface area contributed by atoms with E-state index >= 15 is 0 Å². The molecule has 0 aromatic rings. The van der Waals surface area contributed by atoms with Gasteiger partial charge in [0.25, 0.3) is 0 Å². The molecule has 1 saturated heterocycles. The Labute approximate surface area is 107 Å². The Kier molecular flexibility index (Phi) is 7.82. The first-order valence-corrected chi connectivity index (χ1v) is 7.22. The van der Waals surface area contributed by atoms with Crippen molar-refractivity contribution in [2.24, 2.45) is 5.92 Å². The van der Waals surface area contributed by atoms with E-state index in [1.54, 1.807) is 7.11 Å². The van der Waals surface area contributed by atoms with Crippen molar-refractivity contribution in [1.82, 2.24) is 10.2 Å². The standard InChI is InChI=1S/C14H30N2O/c1-4-13(2)14-12-16(10-7-8-15-14)9-5-6-11-17-3/h13-15H,4-12H2,1-3H3. The lowest BCUT2D eigenvalue weighted by atomic mass is 9.99. The van der Waals surface area contributed by atoms with Crippen LogP contribution in [0.3, 0.4) is 0 Å².